The number of benzene rings is 1. The van der Waals surface area contributed by atoms with Crippen LogP contribution in [0.1, 0.15) is 20.3 Å². The van der Waals surface area contributed by atoms with Gasteiger partial charge in [-0.1, -0.05) is 6.92 Å². The van der Waals surface area contributed by atoms with Gasteiger partial charge in [0.05, 0.1) is 11.4 Å². The maximum absolute atomic E-state index is 12.3. The molecular formula is C12H17ClN2O9S3. The van der Waals surface area contributed by atoms with Crippen molar-refractivity contribution in [3.05, 3.63) is 12.1 Å². The van der Waals surface area contributed by atoms with Crippen LogP contribution in [0, 0.1) is 0 Å². The monoisotopic (exact) mass is 464 g/mol. The third-order valence-corrected chi connectivity index (χ3v) is 8.23. The molecule has 5 N–H and O–H groups in total. The van der Waals surface area contributed by atoms with Crippen molar-refractivity contribution in [2.45, 2.75) is 40.0 Å². The molecular weight excluding hydrogens is 448 g/mol. The third kappa shape index (κ3) is 5.30. The Kier molecular flexibility index (Phi) is 6.89. The molecule has 0 aliphatic rings. The molecule has 1 aromatic carbocycles. The van der Waals surface area contributed by atoms with Gasteiger partial charge in [-0.3, -0.25) is 13.9 Å². The molecule has 2 atom stereocenters. The molecule has 1 rings (SSSR count). The maximum atomic E-state index is 12.3. The molecule has 154 valence electrons. The van der Waals surface area contributed by atoms with E-state index in [2.05, 4.69) is 0 Å². The predicted molar refractivity (Wildman–Crippen MR) is 97.4 cm³/mol. The summed E-state index contributed by atoms with van der Waals surface area (Å²) in [6.07, 6.45) is -0.203. The quantitative estimate of drug-likeness (QED) is 0.250. The number of nitrogens with two attached hydrogens (primary N) is 1. The highest BCUT2D eigenvalue weighted by molar-refractivity contribution is 7.94. The fourth-order valence-electron chi connectivity index (χ4n) is 2.12. The lowest BCUT2D eigenvalue weighted by molar-refractivity contribution is -0.115. The summed E-state index contributed by atoms with van der Waals surface area (Å²) in [5.41, 5.74) is 4.10. The Morgan fingerprint density at radius 2 is 1.59 bits per heavy atom. The lowest BCUT2D eigenvalue weighted by Gasteiger charge is -2.18. The molecule has 15 heteroatoms. The minimum atomic E-state index is -5.08. The molecule has 0 aliphatic carbocycles. The minimum absolute atomic E-state index is 0.203. The van der Waals surface area contributed by atoms with E-state index in [0.717, 1.165) is 6.92 Å². The zero-order valence-corrected chi connectivity index (χ0v) is 17.2. The predicted octanol–water partition coefficient (Wildman–Crippen LogP) is 0.479. The Bertz CT molecular complexity index is 1060. The number of carbonyl (C=O) groups is 1. The van der Waals surface area contributed by atoms with Gasteiger partial charge in [0.25, 0.3) is 20.2 Å². The number of halogens is 1. The van der Waals surface area contributed by atoms with Gasteiger partial charge in [0.15, 0.2) is 9.84 Å². The first kappa shape index (κ1) is 23.6. The molecule has 27 heavy (non-hydrogen) atoms. The van der Waals surface area contributed by atoms with Crippen LogP contribution in [0.4, 0.5) is 11.4 Å². The standard InChI is InChI=1S/C12H17ClN2O9S3/c1-3-9(25(17,18)6(2)13)12(16)15-8-4-7(14)10(26(19,20)21)5-11(8)27(22,23)24/h4-6,9H,3,14H2,1-2H3,(H,15,16)(H,19,20,21)(H,22,23,24). The average molecular weight is 465 g/mol. The highest BCUT2D eigenvalue weighted by atomic mass is 35.5. The summed E-state index contributed by atoms with van der Waals surface area (Å²) in [6.45, 7) is 2.51. The van der Waals surface area contributed by atoms with Gasteiger partial charge in [-0.05, 0) is 25.5 Å². The summed E-state index contributed by atoms with van der Waals surface area (Å²) in [4.78, 5) is 10.2. The molecule has 0 bridgehead atoms. The molecule has 2 unspecified atom stereocenters. The number of sulfone groups is 1. The van der Waals surface area contributed by atoms with Gasteiger partial charge in [0.1, 0.15) is 19.8 Å². The number of amides is 1. The van der Waals surface area contributed by atoms with Gasteiger partial charge in [-0.25, -0.2) is 8.42 Å². The second-order valence-corrected chi connectivity index (χ2v) is 11.5. The van der Waals surface area contributed by atoms with Gasteiger partial charge < -0.3 is 11.1 Å². The Labute approximate surface area is 161 Å². The first-order chi connectivity index (χ1) is 12.0. The van der Waals surface area contributed by atoms with Gasteiger partial charge in [-0.2, -0.15) is 16.8 Å². The van der Waals surface area contributed by atoms with E-state index >= 15 is 0 Å². The van der Waals surface area contributed by atoms with Crippen molar-refractivity contribution in [3.63, 3.8) is 0 Å². The smallest absolute Gasteiger partial charge is 0.296 e. The fraction of sp³-hybridized carbons (Fsp3) is 0.417. The second kappa shape index (κ2) is 7.89. The molecule has 1 amide bonds. The fourth-order valence-corrected chi connectivity index (χ4v) is 5.12. The van der Waals surface area contributed by atoms with Crippen molar-refractivity contribution in [1.29, 1.82) is 0 Å². The van der Waals surface area contributed by atoms with Crippen LogP contribution < -0.4 is 11.1 Å². The molecule has 0 heterocycles. The number of hydrogen-bond acceptors (Lipinski definition) is 8. The van der Waals surface area contributed by atoms with Crippen molar-refractivity contribution in [2.75, 3.05) is 11.1 Å². The topological polar surface area (TPSA) is 198 Å². The van der Waals surface area contributed by atoms with Gasteiger partial charge in [-0.15, -0.1) is 11.6 Å². The van der Waals surface area contributed by atoms with Crippen molar-refractivity contribution < 1.29 is 39.2 Å². The zero-order chi connectivity index (χ0) is 21.4. The van der Waals surface area contributed by atoms with Gasteiger partial charge in [0, 0.05) is 0 Å². The highest BCUT2D eigenvalue weighted by Crippen LogP contribution is 2.31. The molecule has 0 aliphatic heterocycles. The molecule has 0 saturated heterocycles. The van der Waals surface area contributed by atoms with E-state index in [1.165, 1.54) is 6.92 Å². The number of rotatable bonds is 7. The van der Waals surface area contributed by atoms with Crippen LogP contribution in [0.15, 0.2) is 21.9 Å². The first-order valence-corrected chi connectivity index (χ1v) is 12.0. The number of nitrogen functional groups attached to an aromatic ring is 1. The van der Waals surface area contributed by atoms with E-state index < -0.39 is 67.1 Å². The van der Waals surface area contributed by atoms with Crippen molar-refractivity contribution in [2.24, 2.45) is 0 Å². The molecule has 0 spiro atoms. The summed E-state index contributed by atoms with van der Waals surface area (Å²) < 4.78 is 86.7. The van der Waals surface area contributed by atoms with E-state index in [-0.39, 0.29) is 6.42 Å². The van der Waals surface area contributed by atoms with E-state index in [0.29, 0.717) is 12.1 Å². The van der Waals surface area contributed by atoms with Crippen LogP contribution in [-0.4, -0.2) is 50.2 Å². The molecule has 0 aromatic heterocycles. The second-order valence-electron chi connectivity index (χ2n) is 5.35. The molecule has 1 aromatic rings. The average Bonchev–Trinajstić information content (AvgIpc) is 2.44. The molecule has 0 fully saturated rings. The minimum Gasteiger partial charge on any atom is -0.398 e. The van der Waals surface area contributed by atoms with Crippen LogP contribution in [0.2, 0.25) is 0 Å². The summed E-state index contributed by atoms with van der Waals surface area (Å²) >= 11 is 5.57. The lowest BCUT2D eigenvalue weighted by Crippen LogP contribution is -2.38. The number of hydrogen-bond donors (Lipinski definition) is 4. The van der Waals surface area contributed by atoms with E-state index in [1.807, 2.05) is 5.32 Å². The summed E-state index contributed by atoms with van der Waals surface area (Å²) in [7, 11) is -14.2. The Morgan fingerprint density at radius 3 is 1.96 bits per heavy atom. The van der Waals surface area contributed by atoms with E-state index in [4.69, 9.17) is 21.9 Å². The Balaban J connectivity index is 3.55. The molecule has 11 nitrogen and oxygen atoms in total. The Hall–Kier alpha value is -1.45. The highest BCUT2D eigenvalue weighted by Gasteiger charge is 2.35. The van der Waals surface area contributed by atoms with Crippen LogP contribution in [-0.2, 0) is 34.9 Å². The normalized spacial score (nSPS) is 15.1. The van der Waals surface area contributed by atoms with E-state index in [1.54, 1.807) is 0 Å². The maximum Gasteiger partial charge on any atom is 0.296 e. The van der Waals surface area contributed by atoms with Crippen molar-refractivity contribution in [3.8, 4) is 0 Å². The molecule has 0 radical (unpaired) electrons. The number of alkyl halides is 1. The van der Waals surface area contributed by atoms with Crippen LogP contribution in [0.3, 0.4) is 0 Å². The summed E-state index contributed by atoms with van der Waals surface area (Å²) in [5, 5.41) is 0.325. The third-order valence-electron chi connectivity index (χ3n) is 3.44. The lowest BCUT2D eigenvalue weighted by atomic mass is 10.2. The van der Waals surface area contributed by atoms with Crippen LogP contribution >= 0.6 is 11.6 Å². The Morgan fingerprint density at radius 1 is 1.11 bits per heavy atom. The van der Waals surface area contributed by atoms with E-state index in [9.17, 15) is 34.6 Å². The number of nitrogens with one attached hydrogen (secondary N) is 1. The molecule has 0 saturated carbocycles. The van der Waals surface area contributed by atoms with Crippen LogP contribution in [0.25, 0.3) is 0 Å². The van der Waals surface area contributed by atoms with Crippen LogP contribution in [0.5, 0.6) is 0 Å². The van der Waals surface area contributed by atoms with Crippen molar-refractivity contribution >= 4 is 59.0 Å². The van der Waals surface area contributed by atoms with Gasteiger partial charge >= 0.3 is 0 Å². The van der Waals surface area contributed by atoms with Crippen molar-refractivity contribution in [1.82, 2.24) is 0 Å². The number of carbonyl (C=O) groups excluding carboxylic acids is 1. The SMILES string of the molecule is CCC(C(=O)Nc1cc(N)c(S(=O)(=O)O)cc1S(=O)(=O)O)S(=O)(=O)C(C)Cl. The number of anilines is 2. The summed E-state index contributed by atoms with van der Waals surface area (Å²) in [6, 6.07) is 0.975. The zero-order valence-electron chi connectivity index (χ0n) is 13.9. The summed E-state index contributed by atoms with van der Waals surface area (Å²) in [5.74, 6) is -1.17. The largest absolute Gasteiger partial charge is 0.398 e. The first-order valence-electron chi connectivity index (χ1n) is 7.09. The van der Waals surface area contributed by atoms with Gasteiger partial charge in [0.2, 0.25) is 5.91 Å².